The third-order valence-electron chi connectivity index (χ3n) is 4.36. The van der Waals surface area contributed by atoms with Crippen LogP contribution in [0.3, 0.4) is 0 Å². The third kappa shape index (κ3) is 6.07. The number of nitrogens with zero attached hydrogens (tertiary/aromatic N) is 1. The fourth-order valence-electron chi connectivity index (χ4n) is 2.97. The molecule has 0 radical (unpaired) electrons. The van der Waals surface area contributed by atoms with Crippen molar-refractivity contribution in [2.75, 3.05) is 7.11 Å². The number of hydrogen-bond donors (Lipinski definition) is 1. The minimum absolute atomic E-state index is 0.0630. The van der Waals surface area contributed by atoms with Crippen molar-refractivity contribution in [3.05, 3.63) is 52.1 Å². The van der Waals surface area contributed by atoms with Gasteiger partial charge in [0.25, 0.3) is 0 Å². The lowest BCUT2D eigenvalue weighted by Gasteiger charge is -2.24. The Bertz CT molecular complexity index is 921. The number of aryl methyl sites for hydroxylation is 2. The van der Waals surface area contributed by atoms with Gasteiger partial charge in [0, 0.05) is 0 Å². The topological polar surface area (TPSA) is 68.3 Å². The number of rotatable bonds is 6. The summed E-state index contributed by atoms with van der Waals surface area (Å²) < 4.78 is 33.6. The molecule has 5 nitrogen and oxygen atoms in total. The van der Waals surface area contributed by atoms with E-state index in [-0.39, 0.29) is 17.4 Å². The number of esters is 1. The van der Waals surface area contributed by atoms with Gasteiger partial charge >= 0.3 is 5.97 Å². The summed E-state index contributed by atoms with van der Waals surface area (Å²) in [7, 11) is -0.153. The summed E-state index contributed by atoms with van der Waals surface area (Å²) >= 11 is 6.27. The van der Waals surface area contributed by atoms with Gasteiger partial charge in [0.05, 0.1) is 41.0 Å². The van der Waals surface area contributed by atoms with E-state index >= 15 is 0 Å². The molecule has 1 N–H and O–H groups in total. The molecule has 8 heteroatoms. The fourth-order valence-corrected chi connectivity index (χ4v) is 4.00. The van der Waals surface area contributed by atoms with Crippen LogP contribution in [-0.4, -0.2) is 27.0 Å². The van der Waals surface area contributed by atoms with E-state index in [1.54, 1.807) is 12.1 Å². The second kappa shape index (κ2) is 9.32. The van der Waals surface area contributed by atoms with E-state index in [1.807, 2.05) is 34.6 Å². The number of carbonyl (C=O) groups is 1. The van der Waals surface area contributed by atoms with E-state index in [0.29, 0.717) is 5.69 Å². The highest BCUT2D eigenvalue weighted by atomic mass is 35.5. The normalized spacial score (nSPS) is 13.8. The summed E-state index contributed by atoms with van der Waals surface area (Å²) in [5.74, 6) is -0.777. The van der Waals surface area contributed by atoms with Gasteiger partial charge in [0.15, 0.2) is 0 Å². The molecule has 2 aromatic rings. The average Bonchev–Trinajstić information content (AvgIpc) is 2.58. The average molecular weight is 441 g/mol. The van der Waals surface area contributed by atoms with Gasteiger partial charge in [-0.1, -0.05) is 11.6 Å². The van der Waals surface area contributed by atoms with Crippen LogP contribution in [-0.2, 0) is 20.5 Å². The number of ether oxygens (including phenoxy) is 1. The summed E-state index contributed by atoms with van der Waals surface area (Å²) in [6, 6.07) is 5.71. The largest absolute Gasteiger partial charge is 0.469 e. The van der Waals surface area contributed by atoms with Crippen LogP contribution in [0.5, 0.6) is 0 Å². The molecule has 0 saturated carbocycles. The second-order valence-electron chi connectivity index (χ2n) is 7.85. The molecule has 2 atom stereocenters. The van der Waals surface area contributed by atoms with Gasteiger partial charge in [-0.05, 0) is 81.1 Å². The number of carbonyl (C=O) groups excluding carboxylic acids is 1. The maximum Gasteiger partial charge on any atom is 0.307 e. The fraction of sp³-hybridized carbons (Fsp3) is 0.429. The maximum absolute atomic E-state index is 13.7. The number of hydrogen-bond acceptors (Lipinski definition) is 4. The Morgan fingerprint density at radius 2 is 1.83 bits per heavy atom. The molecule has 1 heterocycles. The molecule has 29 heavy (non-hydrogen) atoms. The SMILES string of the molecule is COC(=O)C[C@H](N[S@](=O)C(C)(C)C)c1cc(-c2c(C)cc(F)cc2C)cc(Cl)n1. The third-order valence-corrected chi connectivity index (χ3v) is 6.17. The highest BCUT2D eigenvalue weighted by Crippen LogP contribution is 2.32. The molecule has 0 aliphatic heterocycles. The van der Waals surface area contributed by atoms with E-state index in [4.69, 9.17) is 16.3 Å². The summed E-state index contributed by atoms with van der Waals surface area (Å²) in [6.45, 7) is 9.12. The van der Waals surface area contributed by atoms with Crippen LogP contribution in [0.15, 0.2) is 24.3 Å². The molecule has 0 bridgehead atoms. The highest BCUT2D eigenvalue weighted by Gasteiger charge is 2.27. The lowest BCUT2D eigenvalue weighted by atomic mass is 9.95. The van der Waals surface area contributed by atoms with Crippen molar-refractivity contribution < 1.29 is 18.1 Å². The molecule has 0 amide bonds. The van der Waals surface area contributed by atoms with Gasteiger partial charge in [-0.25, -0.2) is 18.3 Å². The summed E-state index contributed by atoms with van der Waals surface area (Å²) in [4.78, 5) is 16.3. The molecular weight excluding hydrogens is 415 g/mol. The molecule has 0 saturated heterocycles. The first kappa shape index (κ1) is 23.4. The Hall–Kier alpha value is -1.83. The maximum atomic E-state index is 13.7. The van der Waals surface area contributed by atoms with E-state index < -0.39 is 27.7 Å². The van der Waals surface area contributed by atoms with Gasteiger partial charge in [-0.3, -0.25) is 4.79 Å². The van der Waals surface area contributed by atoms with Gasteiger partial charge in [0.2, 0.25) is 0 Å². The molecule has 0 spiro atoms. The zero-order chi connectivity index (χ0) is 21.9. The van der Waals surface area contributed by atoms with Crippen molar-refractivity contribution in [1.82, 2.24) is 9.71 Å². The van der Waals surface area contributed by atoms with Gasteiger partial charge in [-0.15, -0.1) is 0 Å². The second-order valence-corrected chi connectivity index (χ2v) is 10.2. The summed E-state index contributed by atoms with van der Waals surface area (Å²) in [6.07, 6.45) is -0.0630. The van der Waals surface area contributed by atoms with Crippen molar-refractivity contribution in [1.29, 1.82) is 0 Å². The Labute approximate surface area is 178 Å². The Balaban J connectivity index is 2.55. The first-order chi connectivity index (χ1) is 13.4. The summed E-state index contributed by atoms with van der Waals surface area (Å²) in [5.41, 5.74) is 3.55. The van der Waals surface area contributed by atoms with Crippen LogP contribution < -0.4 is 4.72 Å². The van der Waals surface area contributed by atoms with E-state index in [2.05, 4.69) is 9.71 Å². The van der Waals surface area contributed by atoms with Crippen molar-refractivity contribution in [2.45, 2.75) is 51.8 Å². The Morgan fingerprint density at radius 1 is 1.24 bits per heavy atom. The number of aromatic nitrogens is 1. The standard InChI is InChI=1S/C21H26ClFN2O3S/c1-12-7-15(23)8-13(2)20(12)14-9-16(24-18(22)10-14)17(11-19(26)28-6)25-29(27)21(3,4)5/h7-10,17,25H,11H2,1-6H3/t17-,29+/m0/s1. The summed E-state index contributed by atoms with van der Waals surface area (Å²) in [5, 5.41) is 0.221. The van der Waals surface area contributed by atoms with Crippen LogP contribution in [0, 0.1) is 19.7 Å². The van der Waals surface area contributed by atoms with Crippen molar-refractivity contribution in [2.24, 2.45) is 0 Å². The lowest BCUT2D eigenvalue weighted by molar-refractivity contribution is -0.141. The molecule has 1 aromatic carbocycles. The minimum atomic E-state index is -1.45. The van der Waals surface area contributed by atoms with Crippen molar-refractivity contribution in [3.63, 3.8) is 0 Å². The molecule has 0 unspecified atom stereocenters. The number of nitrogens with one attached hydrogen (secondary N) is 1. The number of halogens is 2. The number of benzene rings is 1. The van der Waals surface area contributed by atoms with Crippen molar-refractivity contribution >= 4 is 28.6 Å². The first-order valence-corrected chi connectivity index (χ1v) is 10.6. The molecule has 1 aromatic heterocycles. The molecule has 2 rings (SSSR count). The predicted molar refractivity (Wildman–Crippen MR) is 115 cm³/mol. The molecular formula is C21H26ClFN2O3S. The van der Waals surface area contributed by atoms with Gasteiger partial charge in [0.1, 0.15) is 11.0 Å². The van der Waals surface area contributed by atoms with Crippen LogP contribution in [0.1, 0.15) is 50.1 Å². The van der Waals surface area contributed by atoms with Crippen LogP contribution in [0.2, 0.25) is 5.15 Å². The number of methoxy groups -OCH3 is 1. The Kier molecular flexibility index (Phi) is 7.54. The number of pyridine rings is 1. The van der Waals surface area contributed by atoms with Crippen LogP contribution >= 0.6 is 11.6 Å². The zero-order valence-electron chi connectivity index (χ0n) is 17.4. The Morgan fingerprint density at radius 3 is 2.34 bits per heavy atom. The van der Waals surface area contributed by atoms with E-state index in [9.17, 15) is 13.4 Å². The smallest absolute Gasteiger partial charge is 0.307 e. The van der Waals surface area contributed by atoms with Gasteiger partial charge < -0.3 is 4.74 Å². The van der Waals surface area contributed by atoms with E-state index in [1.165, 1.54) is 19.2 Å². The van der Waals surface area contributed by atoms with Gasteiger partial charge in [-0.2, -0.15) is 0 Å². The minimum Gasteiger partial charge on any atom is -0.469 e. The highest BCUT2D eigenvalue weighted by molar-refractivity contribution is 7.84. The zero-order valence-corrected chi connectivity index (χ0v) is 19.0. The van der Waals surface area contributed by atoms with Crippen LogP contribution in [0.25, 0.3) is 11.1 Å². The molecule has 0 aliphatic carbocycles. The molecule has 0 fully saturated rings. The van der Waals surface area contributed by atoms with Crippen molar-refractivity contribution in [3.8, 4) is 11.1 Å². The molecule has 158 valence electrons. The van der Waals surface area contributed by atoms with Crippen LogP contribution in [0.4, 0.5) is 4.39 Å². The van der Waals surface area contributed by atoms with E-state index in [0.717, 1.165) is 22.3 Å². The molecule has 0 aliphatic rings. The predicted octanol–water partition coefficient (Wildman–Crippen LogP) is 4.81. The first-order valence-electron chi connectivity index (χ1n) is 9.12. The quantitative estimate of drug-likeness (QED) is 0.516. The lowest BCUT2D eigenvalue weighted by Crippen LogP contribution is -2.37. The monoisotopic (exact) mass is 440 g/mol.